The maximum atomic E-state index is 2.34. The molecule has 1 N–H and O–H groups in total. The van der Waals surface area contributed by atoms with Crippen molar-refractivity contribution in [2.75, 3.05) is 50.6 Å². The number of benzene rings is 2. The molecule has 3 heteroatoms. The lowest BCUT2D eigenvalue weighted by Gasteiger charge is -2.22. The molecule has 2 aromatic rings. The first-order valence-corrected chi connectivity index (χ1v) is 11.5. The molecule has 0 saturated heterocycles. The van der Waals surface area contributed by atoms with Crippen molar-refractivity contribution in [3.05, 3.63) is 89.5 Å². The van der Waals surface area contributed by atoms with Gasteiger partial charge in [-0.2, -0.15) is 0 Å². The van der Waals surface area contributed by atoms with Crippen LogP contribution in [0.25, 0.3) is 5.57 Å². The van der Waals surface area contributed by atoms with Gasteiger partial charge in [0.05, 0.1) is 13.6 Å². The largest absolute Gasteiger partial charge is 0.375 e. The fourth-order valence-corrected chi connectivity index (χ4v) is 3.90. The second kappa shape index (κ2) is 10.5. The maximum absolute atomic E-state index is 2.34. The van der Waals surface area contributed by atoms with Crippen molar-refractivity contribution in [1.82, 2.24) is 0 Å². The summed E-state index contributed by atoms with van der Waals surface area (Å²) in [5.74, 6) is 0. The van der Waals surface area contributed by atoms with Crippen LogP contribution in [0.1, 0.15) is 31.9 Å². The predicted octanol–water partition coefficient (Wildman–Crippen LogP) is 4.43. The number of nitrogens with zero attached hydrogens (tertiary/aromatic N) is 2. The Morgan fingerprint density at radius 2 is 1.16 bits per heavy atom. The summed E-state index contributed by atoms with van der Waals surface area (Å²) in [5.41, 5.74) is 7.56. The van der Waals surface area contributed by atoms with Gasteiger partial charge in [-0.15, -0.1) is 0 Å². The highest BCUT2D eigenvalue weighted by atomic mass is 15.1. The molecule has 31 heavy (non-hydrogen) atoms. The lowest BCUT2D eigenvalue weighted by atomic mass is 9.90. The molecule has 0 amide bonds. The molecule has 0 heterocycles. The van der Waals surface area contributed by atoms with Crippen molar-refractivity contribution >= 4 is 16.9 Å². The topological polar surface area (TPSA) is 10.9 Å². The van der Waals surface area contributed by atoms with Crippen molar-refractivity contribution in [2.24, 2.45) is 0 Å². The normalized spacial score (nSPS) is 16.3. The lowest BCUT2D eigenvalue weighted by Crippen LogP contribution is -3.12. The maximum Gasteiger partial charge on any atom is 0.125 e. The molecular weight excluding hydrogens is 378 g/mol. The van der Waals surface area contributed by atoms with Crippen LogP contribution in [0.15, 0.2) is 78.4 Å². The zero-order valence-electron chi connectivity index (χ0n) is 20.0. The Bertz CT molecular complexity index is 864. The molecule has 164 valence electrons. The molecule has 1 atom stereocenters. The first-order valence-electron chi connectivity index (χ1n) is 11.5. The number of hydrogen-bond donors (Lipinski definition) is 1. The van der Waals surface area contributed by atoms with Gasteiger partial charge in [0.15, 0.2) is 0 Å². The molecule has 1 aliphatic carbocycles. The van der Waals surface area contributed by atoms with Gasteiger partial charge in [0.25, 0.3) is 0 Å². The Morgan fingerprint density at radius 1 is 0.742 bits per heavy atom. The standard InChI is InChI=1S/C28H37N3/c1-7-29(4)25-16-10-22(11-17-25)28(23-12-18-26(19-13-23)30(5)8-2)24-14-20-27(21-15-24)31(6)9-3/h10-21,25H,7-9H2,1-6H3/p+1. The Hall–Kier alpha value is -2.78. The average molecular weight is 417 g/mol. The van der Waals surface area contributed by atoms with E-state index in [1.807, 2.05) is 0 Å². The fourth-order valence-electron chi connectivity index (χ4n) is 3.90. The summed E-state index contributed by atoms with van der Waals surface area (Å²) >= 11 is 0. The van der Waals surface area contributed by atoms with Gasteiger partial charge in [-0.05, 0) is 79.5 Å². The van der Waals surface area contributed by atoms with Crippen LogP contribution in [0.4, 0.5) is 11.4 Å². The molecule has 1 aliphatic rings. The molecular formula is C28H38N3+. The van der Waals surface area contributed by atoms with Crippen LogP contribution in [0.3, 0.4) is 0 Å². The summed E-state index contributed by atoms with van der Waals surface area (Å²) in [6.45, 7) is 9.71. The van der Waals surface area contributed by atoms with Gasteiger partial charge in [-0.1, -0.05) is 36.4 Å². The van der Waals surface area contributed by atoms with Crippen LogP contribution in [-0.4, -0.2) is 46.8 Å². The number of quaternary nitrogens is 1. The van der Waals surface area contributed by atoms with Crippen LogP contribution >= 0.6 is 0 Å². The van der Waals surface area contributed by atoms with Crippen LogP contribution < -0.4 is 14.7 Å². The van der Waals surface area contributed by atoms with Crippen LogP contribution in [0, 0.1) is 0 Å². The van der Waals surface area contributed by atoms with Gasteiger partial charge in [0.2, 0.25) is 0 Å². The molecule has 0 fully saturated rings. The minimum atomic E-state index is 0.441. The smallest absolute Gasteiger partial charge is 0.125 e. The number of likely N-dealkylation sites (N-methyl/N-ethyl adjacent to an activating group) is 1. The number of hydrogen-bond acceptors (Lipinski definition) is 2. The number of anilines is 2. The average Bonchev–Trinajstić information content (AvgIpc) is 2.84. The first-order chi connectivity index (χ1) is 15.0. The molecule has 3 nitrogen and oxygen atoms in total. The van der Waals surface area contributed by atoms with E-state index in [1.54, 1.807) is 0 Å². The van der Waals surface area contributed by atoms with Crippen molar-refractivity contribution in [3.8, 4) is 0 Å². The Morgan fingerprint density at radius 3 is 1.52 bits per heavy atom. The van der Waals surface area contributed by atoms with Crippen molar-refractivity contribution in [2.45, 2.75) is 26.8 Å². The van der Waals surface area contributed by atoms with Gasteiger partial charge in [-0.3, -0.25) is 0 Å². The SMILES string of the molecule is CCN(C)c1ccc(C(=C2C=CC([NH+](C)CC)C=C2)c2ccc(N(C)CC)cc2)cc1. The molecule has 0 aromatic heterocycles. The number of rotatable bonds is 8. The lowest BCUT2D eigenvalue weighted by molar-refractivity contribution is -0.890. The van der Waals surface area contributed by atoms with Crippen molar-refractivity contribution in [3.63, 3.8) is 0 Å². The van der Waals surface area contributed by atoms with E-state index in [0.29, 0.717) is 6.04 Å². The minimum Gasteiger partial charge on any atom is -0.375 e. The predicted molar refractivity (Wildman–Crippen MR) is 136 cm³/mol. The summed E-state index contributed by atoms with van der Waals surface area (Å²) in [4.78, 5) is 6.03. The van der Waals surface area contributed by atoms with E-state index >= 15 is 0 Å². The van der Waals surface area contributed by atoms with Gasteiger partial charge in [-0.25, -0.2) is 0 Å². The van der Waals surface area contributed by atoms with Crippen LogP contribution in [0.5, 0.6) is 0 Å². The van der Waals surface area contributed by atoms with Crippen molar-refractivity contribution < 1.29 is 4.90 Å². The number of nitrogens with one attached hydrogen (secondary N) is 1. The van der Waals surface area contributed by atoms with Crippen molar-refractivity contribution in [1.29, 1.82) is 0 Å². The van der Waals surface area contributed by atoms with E-state index in [2.05, 4.69) is 125 Å². The molecule has 1 unspecified atom stereocenters. The molecule has 0 bridgehead atoms. The summed E-state index contributed by atoms with van der Waals surface area (Å²) in [5, 5.41) is 0. The third-order valence-electron chi connectivity index (χ3n) is 6.52. The van der Waals surface area contributed by atoms with Gasteiger partial charge < -0.3 is 14.7 Å². The highest BCUT2D eigenvalue weighted by Crippen LogP contribution is 2.32. The third kappa shape index (κ3) is 5.29. The van der Waals surface area contributed by atoms with E-state index in [9.17, 15) is 0 Å². The van der Waals surface area contributed by atoms with E-state index < -0.39 is 0 Å². The minimum absolute atomic E-state index is 0.441. The Labute approximate surface area is 189 Å². The summed E-state index contributed by atoms with van der Waals surface area (Å²) in [7, 11) is 6.52. The Kier molecular flexibility index (Phi) is 7.75. The van der Waals surface area contributed by atoms with Gasteiger partial charge in [0.1, 0.15) is 6.04 Å². The monoisotopic (exact) mass is 416 g/mol. The van der Waals surface area contributed by atoms with Crippen LogP contribution in [0.2, 0.25) is 0 Å². The zero-order chi connectivity index (χ0) is 22.4. The first kappa shape index (κ1) is 22.9. The second-order valence-electron chi connectivity index (χ2n) is 8.40. The molecule has 0 aliphatic heterocycles. The third-order valence-corrected chi connectivity index (χ3v) is 6.52. The molecule has 2 aromatic carbocycles. The summed E-state index contributed by atoms with van der Waals surface area (Å²) < 4.78 is 0. The summed E-state index contributed by atoms with van der Waals surface area (Å²) in [6.07, 6.45) is 9.29. The second-order valence-corrected chi connectivity index (χ2v) is 8.40. The molecule has 0 radical (unpaired) electrons. The fraction of sp³-hybridized carbons (Fsp3) is 0.357. The van der Waals surface area contributed by atoms with E-state index in [0.717, 1.165) is 19.6 Å². The summed E-state index contributed by atoms with van der Waals surface area (Å²) in [6, 6.07) is 18.4. The number of allylic oxidation sites excluding steroid dienone is 3. The van der Waals surface area contributed by atoms with Gasteiger partial charge >= 0.3 is 0 Å². The van der Waals surface area contributed by atoms with E-state index in [1.165, 1.54) is 38.5 Å². The highest BCUT2D eigenvalue weighted by molar-refractivity contribution is 5.86. The zero-order valence-corrected chi connectivity index (χ0v) is 20.0. The van der Waals surface area contributed by atoms with Crippen LogP contribution in [-0.2, 0) is 0 Å². The van der Waals surface area contributed by atoms with Gasteiger partial charge in [0, 0.05) is 38.6 Å². The van der Waals surface area contributed by atoms with E-state index in [-0.39, 0.29) is 0 Å². The molecule has 0 spiro atoms. The highest BCUT2D eigenvalue weighted by Gasteiger charge is 2.16. The Balaban J connectivity index is 2.04. The molecule has 0 saturated carbocycles. The molecule has 3 rings (SSSR count). The quantitative estimate of drug-likeness (QED) is 0.683. The van der Waals surface area contributed by atoms with E-state index in [4.69, 9.17) is 0 Å².